The molecular formula is C16H14Br2FNO. The molecule has 1 unspecified atom stereocenters. The van der Waals surface area contributed by atoms with Gasteiger partial charge in [-0.15, -0.1) is 0 Å². The van der Waals surface area contributed by atoms with E-state index in [1.165, 1.54) is 17.7 Å². The fourth-order valence-corrected chi connectivity index (χ4v) is 3.68. The van der Waals surface area contributed by atoms with E-state index < -0.39 is 0 Å². The standard InChI is InChI=1S/C16H14Br2FNO/c17-12-3-9-1-2-21-16(9)11(5-12)7-15(20)10-4-13(18)8-14(19)6-10/h3-6,8,15H,1-2,7,20H2. The van der Waals surface area contributed by atoms with E-state index in [-0.39, 0.29) is 11.9 Å². The number of benzene rings is 2. The molecule has 0 amide bonds. The predicted molar refractivity (Wildman–Crippen MR) is 88.1 cm³/mol. The van der Waals surface area contributed by atoms with Gasteiger partial charge in [0.1, 0.15) is 11.6 Å². The first kappa shape index (κ1) is 15.0. The number of hydrogen-bond donors (Lipinski definition) is 1. The van der Waals surface area contributed by atoms with Gasteiger partial charge < -0.3 is 10.5 Å². The summed E-state index contributed by atoms with van der Waals surface area (Å²) in [5.74, 6) is 0.648. The van der Waals surface area contributed by atoms with Crippen molar-refractivity contribution in [2.45, 2.75) is 18.9 Å². The maximum atomic E-state index is 13.5. The maximum Gasteiger partial charge on any atom is 0.125 e. The third-order valence-corrected chi connectivity index (χ3v) is 4.49. The van der Waals surface area contributed by atoms with Crippen molar-refractivity contribution in [1.29, 1.82) is 0 Å². The molecule has 0 fully saturated rings. The summed E-state index contributed by atoms with van der Waals surface area (Å²) < 4.78 is 20.9. The molecule has 1 atom stereocenters. The Hall–Kier alpha value is -0.910. The molecule has 0 saturated carbocycles. The van der Waals surface area contributed by atoms with Crippen LogP contribution in [-0.4, -0.2) is 6.61 Å². The number of hydrogen-bond acceptors (Lipinski definition) is 2. The van der Waals surface area contributed by atoms with Gasteiger partial charge in [0.15, 0.2) is 0 Å². The maximum absolute atomic E-state index is 13.5. The number of fused-ring (bicyclic) bond motifs is 1. The molecule has 5 heteroatoms. The van der Waals surface area contributed by atoms with Crippen LogP contribution in [0.1, 0.15) is 22.7 Å². The minimum Gasteiger partial charge on any atom is -0.493 e. The summed E-state index contributed by atoms with van der Waals surface area (Å²) in [6.07, 6.45) is 1.53. The first-order valence-electron chi connectivity index (χ1n) is 6.68. The van der Waals surface area contributed by atoms with Gasteiger partial charge in [0.2, 0.25) is 0 Å². The molecule has 0 saturated heterocycles. The molecular weight excluding hydrogens is 401 g/mol. The fraction of sp³-hybridized carbons (Fsp3) is 0.250. The zero-order chi connectivity index (χ0) is 15.0. The van der Waals surface area contributed by atoms with Gasteiger partial charge in [-0.05, 0) is 53.4 Å². The molecule has 1 aliphatic heterocycles. The van der Waals surface area contributed by atoms with Crippen LogP contribution < -0.4 is 10.5 Å². The van der Waals surface area contributed by atoms with Crippen LogP contribution in [0.4, 0.5) is 4.39 Å². The Labute approximate surface area is 139 Å². The molecule has 1 heterocycles. The molecule has 0 aromatic heterocycles. The van der Waals surface area contributed by atoms with Gasteiger partial charge in [-0.25, -0.2) is 4.39 Å². The summed E-state index contributed by atoms with van der Waals surface area (Å²) in [6.45, 7) is 0.708. The van der Waals surface area contributed by atoms with Gasteiger partial charge in [0.05, 0.1) is 6.61 Å². The topological polar surface area (TPSA) is 35.2 Å². The normalized spacial score (nSPS) is 14.7. The highest BCUT2D eigenvalue weighted by molar-refractivity contribution is 9.10. The monoisotopic (exact) mass is 413 g/mol. The van der Waals surface area contributed by atoms with E-state index in [0.29, 0.717) is 17.5 Å². The summed E-state index contributed by atoms with van der Waals surface area (Å²) in [5, 5.41) is 0. The van der Waals surface area contributed by atoms with E-state index in [9.17, 15) is 4.39 Å². The van der Waals surface area contributed by atoms with Gasteiger partial charge in [-0.2, -0.15) is 0 Å². The lowest BCUT2D eigenvalue weighted by Crippen LogP contribution is -2.14. The third kappa shape index (κ3) is 3.30. The van der Waals surface area contributed by atoms with Crippen molar-refractivity contribution in [2.24, 2.45) is 5.73 Å². The van der Waals surface area contributed by atoms with Gasteiger partial charge in [0.25, 0.3) is 0 Å². The average Bonchev–Trinajstić information content (AvgIpc) is 2.85. The zero-order valence-electron chi connectivity index (χ0n) is 11.2. The van der Waals surface area contributed by atoms with E-state index in [1.54, 1.807) is 0 Å². The molecule has 0 bridgehead atoms. The molecule has 0 aliphatic carbocycles. The van der Waals surface area contributed by atoms with Crippen LogP contribution in [0.3, 0.4) is 0 Å². The average molecular weight is 415 g/mol. The van der Waals surface area contributed by atoms with E-state index >= 15 is 0 Å². The largest absolute Gasteiger partial charge is 0.493 e. The summed E-state index contributed by atoms with van der Waals surface area (Å²) >= 11 is 6.82. The SMILES string of the molecule is NC(Cc1cc(Br)cc2c1OCC2)c1cc(F)cc(Br)c1. The highest BCUT2D eigenvalue weighted by atomic mass is 79.9. The lowest BCUT2D eigenvalue weighted by atomic mass is 9.97. The van der Waals surface area contributed by atoms with Gasteiger partial charge in [0, 0.05) is 21.4 Å². The Kier molecular flexibility index (Phi) is 4.33. The van der Waals surface area contributed by atoms with Crippen LogP contribution in [-0.2, 0) is 12.8 Å². The second-order valence-electron chi connectivity index (χ2n) is 5.17. The molecule has 0 radical (unpaired) electrons. The summed E-state index contributed by atoms with van der Waals surface area (Å²) in [7, 11) is 0. The molecule has 2 aromatic carbocycles. The molecule has 21 heavy (non-hydrogen) atoms. The molecule has 0 spiro atoms. The fourth-order valence-electron chi connectivity index (χ4n) is 2.64. The Morgan fingerprint density at radius 2 is 1.90 bits per heavy atom. The van der Waals surface area contributed by atoms with Crippen molar-refractivity contribution < 1.29 is 9.13 Å². The lowest BCUT2D eigenvalue weighted by molar-refractivity contribution is 0.352. The van der Waals surface area contributed by atoms with Crippen molar-refractivity contribution in [3.63, 3.8) is 0 Å². The number of halogens is 3. The molecule has 3 rings (SSSR count). The predicted octanol–water partition coefficient (Wildman–Crippen LogP) is 4.53. The van der Waals surface area contributed by atoms with E-state index in [1.807, 2.05) is 12.1 Å². The second kappa shape index (κ2) is 6.07. The molecule has 2 aromatic rings. The third-order valence-electron chi connectivity index (χ3n) is 3.58. The Bertz CT molecular complexity index is 670. The van der Waals surface area contributed by atoms with Crippen molar-refractivity contribution in [3.8, 4) is 5.75 Å². The van der Waals surface area contributed by atoms with Crippen LogP contribution in [0.5, 0.6) is 5.75 Å². The first-order chi connectivity index (χ1) is 10.0. The first-order valence-corrected chi connectivity index (χ1v) is 8.27. The highest BCUT2D eigenvalue weighted by Gasteiger charge is 2.20. The molecule has 2 N–H and O–H groups in total. The number of nitrogens with two attached hydrogens (primary N) is 1. The molecule has 1 aliphatic rings. The van der Waals surface area contributed by atoms with Crippen molar-refractivity contribution in [1.82, 2.24) is 0 Å². The smallest absolute Gasteiger partial charge is 0.125 e. The van der Waals surface area contributed by atoms with E-state index in [0.717, 1.165) is 27.8 Å². The minimum absolute atomic E-state index is 0.278. The van der Waals surface area contributed by atoms with Gasteiger partial charge in [-0.3, -0.25) is 0 Å². The Morgan fingerprint density at radius 1 is 1.14 bits per heavy atom. The Balaban J connectivity index is 1.90. The van der Waals surface area contributed by atoms with Crippen LogP contribution in [0.15, 0.2) is 39.3 Å². The zero-order valence-corrected chi connectivity index (χ0v) is 14.4. The Morgan fingerprint density at radius 3 is 2.67 bits per heavy atom. The quantitative estimate of drug-likeness (QED) is 0.800. The van der Waals surface area contributed by atoms with E-state index in [2.05, 4.69) is 37.9 Å². The lowest BCUT2D eigenvalue weighted by Gasteiger charge is -2.15. The van der Waals surface area contributed by atoms with Crippen molar-refractivity contribution >= 4 is 31.9 Å². The summed E-state index contributed by atoms with van der Waals surface area (Å²) in [6, 6.07) is 8.59. The van der Waals surface area contributed by atoms with Crippen LogP contribution in [0.25, 0.3) is 0 Å². The minimum atomic E-state index is -0.287. The van der Waals surface area contributed by atoms with Crippen LogP contribution in [0.2, 0.25) is 0 Å². The van der Waals surface area contributed by atoms with Crippen molar-refractivity contribution in [2.75, 3.05) is 6.61 Å². The number of ether oxygens (including phenoxy) is 1. The second-order valence-corrected chi connectivity index (χ2v) is 7.00. The summed E-state index contributed by atoms with van der Waals surface area (Å²) in [4.78, 5) is 0. The van der Waals surface area contributed by atoms with E-state index in [4.69, 9.17) is 10.5 Å². The highest BCUT2D eigenvalue weighted by Crippen LogP contribution is 2.35. The van der Waals surface area contributed by atoms with Crippen LogP contribution in [0, 0.1) is 5.82 Å². The van der Waals surface area contributed by atoms with Crippen LogP contribution >= 0.6 is 31.9 Å². The summed E-state index contributed by atoms with van der Waals surface area (Å²) in [5.41, 5.74) is 9.28. The molecule has 2 nitrogen and oxygen atoms in total. The molecule has 110 valence electrons. The number of rotatable bonds is 3. The van der Waals surface area contributed by atoms with Crippen molar-refractivity contribution in [3.05, 3.63) is 61.8 Å². The van der Waals surface area contributed by atoms with Gasteiger partial charge in [-0.1, -0.05) is 31.9 Å². The van der Waals surface area contributed by atoms with Gasteiger partial charge >= 0.3 is 0 Å².